The Labute approximate surface area is 99.0 Å². The Bertz CT molecular complexity index is 529. The molecule has 2 aromatic rings. The van der Waals surface area contributed by atoms with Gasteiger partial charge in [-0.15, -0.1) is 0 Å². The molecule has 0 saturated carbocycles. The maximum atomic E-state index is 6.02. The van der Waals surface area contributed by atoms with Gasteiger partial charge in [0, 0.05) is 19.1 Å². The lowest BCUT2D eigenvalue weighted by atomic mass is 10.3. The number of aromatic nitrogens is 2. The fourth-order valence-electron chi connectivity index (χ4n) is 1.94. The Morgan fingerprint density at radius 3 is 2.47 bits per heavy atom. The van der Waals surface area contributed by atoms with E-state index in [1.807, 2.05) is 19.2 Å². The van der Waals surface area contributed by atoms with Crippen molar-refractivity contribution in [3.63, 3.8) is 0 Å². The van der Waals surface area contributed by atoms with Gasteiger partial charge in [0.05, 0.1) is 23.6 Å². The molecule has 1 aromatic carbocycles. The van der Waals surface area contributed by atoms with E-state index in [0.29, 0.717) is 10.0 Å². The van der Waals surface area contributed by atoms with E-state index in [-0.39, 0.29) is 0 Å². The maximum Gasteiger partial charge on any atom is 0.253 e. The van der Waals surface area contributed by atoms with E-state index in [1.54, 1.807) is 0 Å². The van der Waals surface area contributed by atoms with Gasteiger partial charge >= 0.3 is 0 Å². The van der Waals surface area contributed by atoms with Gasteiger partial charge in [-0.3, -0.25) is 0 Å². The summed E-state index contributed by atoms with van der Waals surface area (Å²) in [4.78, 5) is 0. The molecule has 0 amide bonds. The van der Waals surface area contributed by atoms with Crippen LogP contribution in [0.1, 0.15) is 12.7 Å². The van der Waals surface area contributed by atoms with E-state index < -0.39 is 0 Å². The van der Waals surface area contributed by atoms with Crippen molar-refractivity contribution >= 4 is 34.2 Å². The molecule has 1 aromatic heterocycles. The second-order valence-corrected chi connectivity index (χ2v) is 4.42. The molecule has 0 saturated heterocycles. The van der Waals surface area contributed by atoms with Crippen molar-refractivity contribution in [2.45, 2.75) is 20.4 Å². The first-order chi connectivity index (χ1) is 7.06. The Morgan fingerprint density at radius 2 is 1.87 bits per heavy atom. The number of aryl methyl sites for hydroxylation is 2. The van der Waals surface area contributed by atoms with Gasteiger partial charge in [-0.05, 0) is 6.92 Å². The van der Waals surface area contributed by atoms with Crippen molar-refractivity contribution in [3.05, 3.63) is 28.0 Å². The van der Waals surface area contributed by atoms with Gasteiger partial charge in [0.15, 0.2) is 11.0 Å². The summed E-state index contributed by atoms with van der Waals surface area (Å²) in [7, 11) is 2.04. The van der Waals surface area contributed by atoms with Crippen molar-refractivity contribution in [1.82, 2.24) is 4.57 Å². The summed E-state index contributed by atoms with van der Waals surface area (Å²) in [6, 6.07) is 3.84. The molecule has 0 atom stereocenters. The lowest BCUT2D eigenvalue weighted by molar-refractivity contribution is -0.652. The SMILES string of the molecule is CCn1c(C)[n+](C)c2cc(Cl)c(Cl)cc21. The fraction of sp³-hybridized carbons (Fsp3) is 0.364. The highest BCUT2D eigenvalue weighted by Crippen LogP contribution is 2.27. The first-order valence-electron chi connectivity index (χ1n) is 4.90. The summed E-state index contributed by atoms with van der Waals surface area (Å²) in [6.45, 7) is 5.14. The standard InChI is InChI=1S/C11H13Cl2N2/c1-4-15-7(2)14(3)10-5-8(12)9(13)6-11(10)15/h5-6H,4H2,1-3H3/q+1. The van der Waals surface area contributed by atoms with Crippen LogP contribution in [0.5, 0.6) is 0 Å². The number of hydrogen-bond donors (Lipinski definition) is 0. The monoisotopic (exact) mass is 243 g/mol. The number of nitrogens with zero attached hydrogens (tertiary/aromatic N) is 2. The van der Waals surface area contributed by atoms with Gasteiger partial charge in [0.25, 0.3) is 5.82 Å². The predicted molar refractivity (Wildman–Crippen MR) is 63.5 cm³/mol. The molecule has 2 nitrogen and oxygen atoms in total. The molecule has 0 N–H and O–H groups in total. The van der Waals surface area contributed by atoms with Crippen LogP contribution in [0, 0.1) is 6.92 Å². The average Bonchev–Trinajstić information content (AvgIpc) is 2.42. The zero-order valence-corrected chi connectivity index (χ0v) is 10.5. The van der Waals surface area contributed by atoms with Crippen LogP contribution < -0.4 is 4.57 Å². The molecule has 0 fully saturated rings. The molecular weight excluding hydrogens is 231 g/mol. The molecule has 4 heteroatoms. The summed E-state index contributed by atoms with van der Waals surface area (Å²) in [5, 5.41) is 1.21. The molecule has 0 aliphatic heterocycles. The number of rotatable bonds is 1. The zero-order chi connectivity index (χ0) is 11.2. The molecule has 1 heterocycles. The van der Waals surface area contributed by atoms with Crippen LogP contribution in [-0.2, 0) is 13.6 Å². The number of benzene rings is 1. The third-order valence-electron chi connectivity index (χ3n) is 2.86. The average molecular weight is 244 g/mol. The van der Waals surface area contributed by atoms with E-state index in [1.165, 1.54) is 5.82 Å². The van der Waals surface area contributed by atoms with Gasteiger partial charge in [-0.2, -0.15) is 0 Å². The van der Waals surface area contributed by atoms with Crippen LogP contribution >= 0.6 is 23.2 Å². The molecule has 0 radical (unpaired) electrons. The summed E-state index contributed by atoms with van der Waals surface area (Å²) < 4.78 is 4.35. The van der Waals surface area contributed by atoms with Crippen molar-refractivity contribution in [1.29, 1.82) is 0 Å². The topological polar surface area (TPSA) is 8.81 Å². The fourth-order valence-corrected chi connectivity index (χ4v) is 2.26. The van der Waals surface area contributed by atoms with E-state index in [0.717, 1.165) is 17.6 Å². The normalized spacial score (nSPS) is 11.3. The van der Waals surface area contributed by atoms with Gasteiger partial charge in [0.1, 0.15) is 0 Å². The molecule has 0 unspecified atom stereocenters. The van der Waals surface area contributed by atoms with Crippen LogP contribution in [0.3, 0.4) is 0 Å². The molecule has 15 heavy (non-hydrogen) atoms. The summed E-state index contributed by atoms with van der Waals surface area (Å²) in [6.07, 6.45) is 0. The zero-order valence-electron chi connectivity index (χ0n) is 9.01. The van der Waals surface area contributed by atoms with E-state index in [9.17, 15) is 0 Å². The second-order valence-electron chi connectivity index (χ2n) is 3.61. The Kier molecular flexibility index (Phi) is 2.65. The number of hydrogen-bond acceptors (Lipinski definition) is 0. The van der Waals surface area contributed by atoms with Crippen molar-refractivity contribution in [2.24, 2.45) is 7.05 Å². The smallest absolute Gasteiger partial charge is 0.230 e. The highest BCUT2D eigenvalue weighted by molar-refractivity contribution is 6.42. The molecule has 0 spiro atoms. The van der Waals surface area contributed by atoms with E-state index in [4.69, 9.17) is 23.2 Å². The Morgan fingerprint density at radius 1 is 1.27 bits per heavy atom. The van der Waals surface area contributed by atoms with Gasteiger partial charge in [0.2, 0.25) is 0 Å². The third kappa shape index (κ3) is 1.52. The van der Waals surface area contributed by atoms with E-state index >= 15 is 0 Å². The minimum Gasteiger partial charge on any atom is -0.230 e. The van der Waals surface area contributed by atoms with Gasteiger partial charge < -0.3 is 0 Å². The first kappa shape index (κ1) is 10.8. The number of halogens is 2. The Hall–Kier alpha value is -0.730. The van der Waals surface area contributed by atoms with Crippen LogP contribution in [0.25, 0.3) is 11.0 Å². The molecule has 0 bridgehead atoms. The summed E-state index contributed by atoms with van der Waals surface area (Å²) >= 11 is 12.0. The van der Waals surface area contributed by atoms with Crippen molar-refractivity contribution < 1.29 is 4.57 Å². The molecular formula is C11H13Cl2N2+. The number of fused-ring (bicyclic) bond motifs is 1. The predicted octanol–water partition coefficient (Wildman–Crippen LogP) is 3.10. The quantitative estimate of drug-likeness (QED) is 0.681. The summed E-state index contributed by atoms with van der Waals surface area (Å²) in [5.41, 5.74) is 2.25. The molecule has 0 aliphatic carbocycles. The maximum absolute atomic E-state index is 6.02. The van der Waals surface area contributed by atoms with Gasteiger partial charge in [-0.1, -0.05) is 23.2 Å². The minimum absolute atomic E-state index is 0.605. The molecule has 0 aliphatic rings. The van der Waals surface area contributed by atoms with Crippen LogP contribution in [0.15, 0.2) is 12.1 Å². The first-order valence-corrected chi connectivity index (χ1v) is 5.65. The molecule has 2 rings (SSSR count). The highest BCUT2D eigenvalue weighted by atomic mass is 35.5. The second kappa shape index (κ2) is 3.69. The van der Waals surface area contributed by atoms with Crippen LogP contribution in [0.2, 0.25) is 10.0 Å². The molecule has 80 valence electrons. The van der Waals surface area contributed by atoms with Crippen molar-refractivity contribution in [3.8, 4) is 0 Å². The Balaban J connectivity index is 2.91. The third-order valence-corrected chi connectivity index (χ3v) is 3.58. The largest absolute Gasteiger partial charge is 0.253 e. The van der Waals surface area contributed by atoms with Crippen LogP contribution in [-0.4, -0.2) is 4.57 Å². The highest BCUT2D eigenvalue weighted by Gasteiger charge is 2.19. The number of imidazole rings is 1. The lowest BCUT2D eigenvalue weighted by Crippen LogP contribution is -2.30. The van der Waals surface area contributed by atoms with Crippen molar-refractivity contribution in [2.75, 3.05) is 0 Å². The van der Waals surface area contributed by atoms with E-state index in [2.05, 4.69) is 23.0 Å². The summed E-state index contributed by atoms with van der Waals surface area (Å²) in [5.74, 6) is 1.20. The lowest BCUT2D eigenvalue weighted by Gasteiger charge is -1.95. The van der Waals surface area contributed by atoms with Gasteiger partial charge in [-0.25, -0.2) is 9.13 Å². The minimum atomic E-state index is 0.605. The van der Waals surface area contributed by atoms with Crippen LogP contribution in [0.4, 0.5) is 0 Å².